The summed E-state index contributed by atoms with van der Waals surface area (Å²) in [4.78, 5) is 27.7. The lowest BCUT2D eigenvalue weighted by atomic mass is 9.81. The number of nitrogens with zero attached hydrogens (tertiary/aromatic N) is 4. The van der Waals surface area contributed by atoms with Gasteiger partial charge in [-0.05, 0) is 44.2 Å². The molecule has 1 N–H and O–H groups in total. The van der Waals surface area contributed by atoms with Crippen molar-refractivity contribution in [1.82, 2.24) is 19.2 Å². The van der Waals surface area contributed by atoms with Crippen molar-refractivity contribution in [3.8, 4) is 0 Å². The Hall–Kier alpha value is -3.09. The van der Waals surface area contributed by atoms with Crippen LogP contribution in [0, 0.1) is 5.41 Å². The van der Waals surface area contributed by atoms with E-state index in [0.29, 0.717) is 18.9 Å². The summed E-state index contributed by atoms with van der Waals surface area (Å²) < 4.78 is 3.75. The zero-order valence-electron chi connectivity index (χ0n) is 17.0. The van der Waals surface area contributed by atoms with Crippen LogP contribution in [0.1, 0.15) is 26.7 Å². The summed E-state index contributed by atoms with van der Waals surface area (Å²) in [6.45, 7) is 6.08. The molecule has 0 spiro atoms. The second kappa shape index (κ2) is 7.73. The fraction of sp³-hybridized carbons (Fsp3) is 0.409. The van der Waals surface area contributed by atoms with Crippen LogP contribution in [0.4, 0.5) is 5.82 Å². The fourth-order valence-electron chi connectivity index (χ4n) is 4.03. The highest BCUT2D eigenvalue weighted by Gasteiger charge is 2.39. The van der Waals surface area contributed by atoms with E-state index >= 15 is 0 Å². The van der Waals surface area contributed by atoms with Crippen molar-refractivity contribution in [2.45, 2.75) is 39.8 Å². The topological polar surface area (TPSA) is 72.2 Å². The number of rotatable bonds is 5. The zero-order chi connectivity index (χ0) is 20.4. The van der Waals surface area contributed by atoms with Crippen LogP contribution in [-0.2, 0) is 22.7 Å². The molecule has 3 aromatic rings. The Labute approximate surface area is 170 Å². The van der Waals surface area contributed by atoms with Gasteiger partial charge in [-0.25, -0.2) is 0 Å². The molecule has 1 aliphatic rings. The van der Waals surface area contributed by atoms with E-state index < -0.39 is 5.41 Å². The number of likely N-dealkylation sites (tertiary alicyclic amines) is 1. The van der Waals surface area contributed by atoms with Crippen LogP contribution in [0.25, 0.3) is 10.9 Å². The monoisotopic (exact) mass is 393 g/mol. The Morgan fingerprint density at radius 2 is 2.00 bits per heavy atom. The molecule has 1 fully saturated rings. The number of hydrogen-bond donors (Lipinski definition) is 1. The first kappa shape index (κ1) is 19.2. The highest BCUT2D eigenvalue weighted by Crippen LogP contribution is 2.31. The normalized spacial score (nSPS) is 19.4. The van der Waals surface area contributed by atoms with Crippen LogP contribution < -0.4 is 5.32 Å². The maximum atomic E-state index is 13.0. The number of aryl methyl sites for hydroxylation is 1. The van der Waals surface area contributed by atoms with Gasteiger partial charge in [0.25, 0.3) is 0 Å². The first-order chi connectivity index (χ1) is 14.0. The maximum absolute atomic E-state index is 13.0. The Morgan fingerprint density at radius 1 is 1.17 bits per heavy atom. The van der Waals surface area contributed by atoms with E-state index in [1.807, 2.05) is 66.0 Å². The van der Waals surface area contributed by atoms with Gasteiger partial charge in [-0.15, -0.1) is 0 Å². The van der Waals surface area contributed by atoms with Gasteiger partial charge in [0, 0.05) is 43.6 Å². The number of anilines is 1. The van der Waals surface area contributed by atoms with Crippen LogP contribution in [0.15, 0.2) is 48.8 Å². The van der Waals surface area contributed by atoms with Gasteiger partial charge < -0.3 is 14.8 Å². The van der Waals surface area contributed by atoms with Crippen molar-refractivity contribution < 1.29 is 9.59 Å². The number of fused-ring (bicyclic) bond motifs is 1. The first-order valence-electron chi connectivity index (χ1n) is 10.1. The summed E-state index contributed by atoms with van der Waals surface area (Å²) >= 11 is 0. The Balaban J connectivity index is 1.43. The van der Waals surface area contributed by atoms with Gasteiger partial charge in [-0.3, -0.25) is 14.3 Å². The molecule has 0 radical (unpaired) electrons. The molecule has 0 saturated carbocycles. The van der Waals surface area contributed by atoms with E-state index in [2.05, 4.69) is 10.4 Å². The predicted molar refractivity (Wildman–Crippen MR) is 112 cm³/mol. The number of nitrogens with one attached hydrogen (secondary N) is 1. The molecule has 2 aromatic heterocycles. The first-order valence-corrected chi connectivity index (χ1v) is 10.1. The summed E-state index contributed by atoms with van der Waals surface area (Å²) in [5, 5.41) is 8.37. The summed E-state index contributed by atoms with van der Waals surface area (Å²) in [6, 6.07) is 11.8. The van der Waals surface area contributed by atoms with E-state index in [-0.39, 0.29) is 18.4 Å². The number of amides is 2. The maximum Gasteiger partial charge on any atom is 0.242 e. The van der Waals surface area contributed by atoms with Gasteiger partial charge in [-0.1, -0.05) is 18.2 Å². The minimum Gasteiger partial charge on any atom is -0.340 e. The molecule has 1 aliphatic heterocycles. The summed E-state index contributed by atoms with van der Waals surface area (Å²) in [5.74, 6) is 0.517. The van der Waals surface area contributed by atoms with E-state index in [0.717, 1.165) is 30.3 Å². The molecular weight excluding hydrogens is 366 g/mol. The third-order valence-corrected chi connectivity index (χ3v) is 5.79. The fourth-order valence-corrected chi connectivity index (χ4v) is 4.03. The number of carbonyl (C=O) groups is 2. The summed E-state index contributed by atoms with van der Waals surface area (Å²) in [7, 11) is 0. The minimum absolute atomic E-state index is 0.0420. The third-order valence-electron chi connectivity index (χ3n) is 5.79. The van der Waals surface area contributed by atoms with Crippen LogP contribution in [0.5, 0.6) is 0 Å². The van der Waals surface area contributed by atoms with Crippen LogP contribution in [-0.4, -0.2) is 44.2 Å². The lowest BCUT2D eigenvalue weighted by Gasteiger charge is -2.39. The van der Waals surface area contributed by atoms with Crippen molar-refractivity contribution in [2.24, 2.45) is 5.41 Å². The summed E-state index contributed by atoms with van der Waals surface area (Å²) in [5.41, 5.74) is 0.424. The van der Waals surface area contributed by atoms with Gasteiger partial charge in [0.1, 0.15) is 6.54 Å². The highest BCUT2D eigenvalue weighted by atomic mass is 16.2. The quantitative estimate of drug-likeness (QED) is 0.724. The molecule has 7 nitrogen and oxygen atoms in total. The van der Waals surface area contributed by atoms with Gasteiger partial charge in [0.05, 0.1) is 5.41 Å². The lowest BCUT2D eigenvalue weighted by Crippen LogP contribution is -2.50. The van der Waals surface area contributed by atoms with Gasteiger partial charge in [-0.2, -0.15) is 5.10 Å². The molecule has 1 atom stereocenters. The van der Waals surface area contributed by atoms with Crippen molar-refractivity contribution in [3.05, 3.63) is 48.8 Å². The van der Waals surface area contributed by atoms with E-state index in [9.17, 15) is 9.59 Å². The zero-order valence-corrected chi connectivity index (χ0v) is 17.0. The molecule has 1 aromatic carbocycles. The average Bonchev–Trinajstić information content (AvgIpc) is 3.35. The van der Waals surface area contributed by atoms with Gasteiger partial charge in [0.2, 0.25) is 11.8 Å². The van der Waals surface area contributed by atoms with Crippen molar-refractivity contribution in [3.63, 3.8) is 0 Å². The highest BCUT2D eigenvalue weighted by molar-refractivity contribution is 5.95. The van der Waals surface area contributed by atoms with E-state index in [1.165, 1.54) is 0 Å². The Morgan fingerprint density at radius 3 is 2.79 bits per heavy atom. The van der Waals surface area contributed by atoms with E-state index in [4.69, 9.17) is 0 Å². The molecule has 0 aliphatic carbocycles. The number of para-hydroxylation sites is 1. The molecule has 3 heterocycles. The number of benzene rings is 1. The number of carbonyl (C=O) groups excluding carboxylic acids is 2. The summed E-state index contributed by atoms with van der Waals surface area (Å²) in [6.07, 6.45) is 5.35. The molecule has 0 unspecified atom stereocenters. The van der Waals surface area contributed by atoms with Crippen molar-refractivity contribution in [1.29, 1.82) is 0 Å². The number of piperidine rings is 1. The largest absolute Gasteiger partial charge is 0.340 e. The molecule has 0 bridgehead atoms. The molecule has 29 heavy (non-hydrogen) atoms. The lowest BCUT2D eigenvalue weighted by molar-refractivity contribution is -0.138. The van der Waals surface area contributed by atoms with Crippen molar-refractivity contribution in [2.75, 3.05) is 18.4 Å². The van der Waals surface area contributed by atoms with Gasteiger partial charge >= 0.3 is 0 Å². The Bertz CT molecular complexity index is 1040. The standard InChI is InChI=1S/C22H27N5O2/c1-3-27-14-10-19(24-27)23-21(29)22(2)11-6-12-26(16-22)20(28)15-25-13-9-17-7-4-5-8-18(17)25/h4-5,7-10,13-14H,3,6,11-12,15-16H2,1-2H3,(H,23,24,29)/t22-/m1/s1. The van der Waals surface area contributed by atoms with Gasteiger partial charge in [0.15, 0.2) is 5.82 Å². The SMILES string of the molecule is CCn1ccc(NC(=O)[C@]2(C)CCCN(C(=O)Cn3ccc4ccccc43)C2)n1. The molecular formula is C22H27N5O2. The smallest absolute Gasteiger partial charge is 0.242 e. The second-order valence-electron chi connectivity index (χ2n) is 7.99. The number of hydrogen-bond acceptors (Lipinski definition) is 3. The average molecular weight is 393 g/mol. The predicted octanol–water partition coefficient (Wildman–Crippen LogP) is 3.13. The van der Waals surface area contributed by atoms with Crippen LogP contribution >= 0.6 is 0 Å². The van der Waals surface area contributed by atoms with E-state index in [1.54, 1.807) is 10.7 Å². The van der Waals surface area contributed by atoms with Crippen LogP contribution in [0.2, 0.25) is 0 Å². The minimum atomic E-state index is -0.622. The molecule has 1 saturated heterocycles. The molecule has 152 valence electrons. The molecule has 2 amide bonds. The number of aromatic nitrogens is 3. The third kappa shape index (κ3) is 3.90. The Kier molecular flexibility index (Phi) is 5.13. The van der Waals surface area contributed by atoms with Crippen molar-refractivity contribution >= 4 is 28.5 Å². The molecule has 7 heteroatoms. The van der Waals surface area contributed by atoms with Crippen LogP contribution in [0.3, 0.4) is 0 Å². The second-order valence-corrected chi connectivity index (χ2v) is 7.99. The molecule has 4 rings (SSSR count).